The lowest BCUT2D eigenvalue weighted by Crippen LogP contribution is -2.52. The van der Waals surface area contributed by atoms with Crippen molar-refractivity contribution in [2.75, 3.05) is 39.8 Å². The van der Waals surface area contributed by atoms with Crippen LogP contribution in [0.5, 0.6) is 0 Å². The van der Waals surface area contributed by atoms with Crippen LogP contribution in [0.25, 0.3) is 0 Å². The molecular formula is C31H37Cl4N5O4. The zero-order valence-electron chi connectivity index (χ0n) is 24.5. The SMILES string of the molecule is CON=C(CNC(=O)c1cc(Cl)cc(Cl)c1)C(CCN1CCC(N2CCC[C@H](CC(N)=O)C2=O)CC1)c1ccc(Cl)c(Cl)c1. The zero-order chi connectivity index (χ0) is 31.8. The number of nitrogens with zero attached hydrogens (tertiary/aromatic N) is 3. The number of benzene rings is 2. The number of halogens is 4. The monoisotopic (exact) mass is 683 g/mol. The van der Waals surface area contributed by atoms with Gasteiger partial charge in [-0.2, -0.15) is 0 Å². The van der Waals surface area contributed by atoms with Gasteiger partial charge in [0.25, 0.3) is 5.91 Å². The zero-order valence-corrected chi connectivity index (χ0v) is 27.6. The second-order valence-electron chi connectivity index (χ2n) is 11.2. The predicted octanol–water partition coefficient (Wildman–Crippen LogP) is 5.78. The summed E-state index contributed by atoms with van der Waals surface area (Å²) in [6, 6.07) is 10.3. The van der Waals surface area contributed by atoms with E-state index in [0.29, 0.717) is 44.2 Å². The summed E-state index contributed by atoms with van der Waals surface area (Å²) >= 11 is 24.8. The van der Waals surface area contributed by atoms with Crippen LogP contribution in [0.2, 0.25) is 20.1 Å². The number of likely N-dealkylation sites (tertiary alicyclic amines) is 2. The van der Waals surface area contributed by atoms with Crippen molar-refractivity contribution in [1.82, 2.24) is 15.1 Å². The van der Waals surface area contributed by atoms with Gasteiger partial charge in [0.1, 0.15) is 7.11 Å². The summed E-state index contributed by atoms with van der Waals surface area (Å²) in [5.74, 6) is -1.26. The van der Waals surface area contributed by atoms with Gasteiger partial charge in [0, 0.05) is 59.5 Å². The Morgan fingerprint density at radius 1 is 1.02 bits per heavy atom. The topological polar surface area (TPSA) is 117 Å². The number of hydrogen-bond acceptors (Lipinski definition) is 6. The number of carbonyl (C=O) groups is 3. The Labute approximate surface area is 277 Å². The first kappa shape index (κ1) is 34.3. The number of piperidine rings is 2. The minimum absolute atomic E-state index is 0.0516. The van der Waals surface area contributed by atoms with Gasteiger partial charge in [0.2, 0.25) is 11.8 Å². The molecule has 2 heterocycles. The maximum Gasteiger partial charge on any atom is 0.251 e. The van der Waals surface area contributed by atoms with E-state index >= 15 is 0 Å². The van der Waals surface area contributed by atoms with Crippen LogP contribution in [-0.4, -0.2) is 79.1 Å². The minimum Gasteiger partial charge on any atom is -0.399 e. The van der Waals surface area contributed by atoms with Crippen LogP contribution in [0.4, 0.5) is 0 Å². The molecular weight excluding hydrogens is 648 g/mol. The largest absolute Gasteiger partial charge is 0.399 e. The molecule has 3 N–H and O–H groups in total. The molecule has 1 unspecified atom stereocenters. The summed E-state index contributed by atoms with van der Waals surface area (Å²) in [6.07, 6.45) is 4.09. The maximum absolute atomic E-state index is 13.1. The van der Waals surface area contributed by atoms with Gasteiger partial charge in [0.15, 0.2) is 0 Å². The van der Waals surface area contributed by atoms with Gasteiger partial charge >= 0.3 is 0 Å². The molecule has 2 aliphatic heterocycles. The standard InChI is InChI=1S/C31H37Cl4N5O4/c1-44-38-28(18-37-30(42)21-13-22(32)17-23(33)14-21)25(19-4-5-26(34)27(35)15-19)8-12-39-10-6-24(7-11-39)40-9-2-3-20(31(40)43)16-29(36)41/h4-5,13-15,17,20,24-25H,2-3,6-12,16,18H2,1H3,(H2,36,41)(H,37,42)/t20-,25?/m1/s1. The van der Waals surface area contributed by atoms with Crippen molar-refractivity contribution in [2.45, 2.75) is 50.5 Å². The van der Waals surface area contributed by atoms with E-state index in [-0.39, 0.29) is 42.7 Å². The van der Waals surface area contributed by atoms with Crippen molar-refractivity contribution in [1.29, 1.82) is 0 Å². The molecule has 4 rings (SSSR count). The molecule has 2 atom stereocenters. The normalized spacial score (nSPS) is 19.1. The fraction of sp³-hybridized carbons (Fsp3) is 0.484. The van der Waals surface area contributed by atoms with E-state index in [1.807, 2.05) is 17.0 Å². The number of oxime groups is 1. The van der Waals surface area contributed by atoms with E-state index in [1.165, 1.54) is 7.11 Å². The fourth-order valence-electron chi connectivity index (χ4n) is 6.09. The van der Waals surface area contributed by atoms with Crippen molar-refractivity contribution in [3.63, 3.8) is 0 Å². The third kappa shape index (κ3) is 9.23. The highest BCUT2D eigenvalue weighted by Gasteiger charge is 2.35. The lowest BCUT2D eigenvalue weighted by molar-refractivity contribution is -0.144. The van der Waals surface area contributed by atoms with Crippen molar-refractivity contribution >= 4 is 69.8 Å². The van der Waals surface area contributed by atoms with Crippen LogP contribution < -0.4 is 11.1 Å². The van der Waals surface area contributed by atoms with E-state index in [0.717, 1.165) is 51.0 Å². The van der Waals surface area contributed by atoms with Gasteiger partial charge in [0.05, 0.1) is 22.3 Å². The molecule has 0 radical (unpaired) electrons. The number of rotatable bonds is 12. The molecule has 0 bridgehead atoms. The second kappa shape index (κ2) is 16.1. The molecule has 3 amide bonds. The highest BCUT2D eigenvalue weighted by Crippen LogP contribution is 2.31. The minimum atomic E-state index is -0.429. The van der Waals surface area contributed by atoms with Gasteiger partial charge in [-0.05, 0) is 74.5 Å². The molecule has 0 aromatic heterocycles. The molecule has 2 aliphatic rings. The first-order valence-corrected chi connectivity index (χ1v) is 16.2. The second-order valence-corrected chi connectivity index (χ2v) is 12.9. The van der Waals surface area contributed by atoms with Crippen LogP contribution >= 0.6 is 46.4 Å². The van der Waals surface area contributed by atoms with Crippen molar-refractivity contribution in [3.8, 4) is 0 Å². The molecule has 44 heavy (non-hydrogen) atoms. The Kier molecular flexibility index (Phi) is 12.6. The summed E-state index contributed by atoms with van der Waals surface area (Å²) in [6.45, 7) is 3.24. The number of nitrogens with one attached hydrogen (secondary N) is 1. The van der Waals surface area contributed by atoms with Crippen LogP contribution in [-0.2, 0) is 14.4 Å². The molecule has 9 nitrogen and oxygen atoms in total. The molecule has 0 aliphatic carbocycles. The predicted molar refractivity (Wildman–Crippen MR) is 175 cm³/mol. The summed E-state index contributed by atoms with van der Waals surface area (Å²) in [7, 11) is 1.46. The average molecular weight is 685 g/mol. The number of primary amides is 1. The van der Waals surface area contributed by atoms with E-state index in [2.05, 4.69) is 15.4 Å². The third-order valence-electron chi connectivity index (χ3n) is 8.27. The van der Waals surface area contributed by atoms with E-state index in [4.69, 9.17) is 57.0 Å². The van der Waals surface area contributed by atoms with Crippen LogP contribution in [0.1, 0.15) is 60.4 Å². The number of amides is 3. The smallest absolute Gasteiger partial charge is 0.251 e. The Morgan fingerprint density at radius 2 is 1.73 bits per heavy atom. The van der Waals surface area contributed by atoms with Gasteiger partial charge in [-0.25, -0.2) is 0 Å². The Bertz CT molecular complexity index is 1360. The van der Waals surface area contributed by atoms with E-state index in [1.54, 1.807) is 24.3 Å². The third-order valence-corrected chi connectivity index (χ3v) is 9.45. The van der Waals surface area contributed by atoms with Crippen LogP contribution in [0.3, 0.4) is 0 Å². The molecule has 2 aromatic carbocycles. The number of nitrogens with two attached hydrogens (primary N) is 1. The quantitative estimate of drug-likeness (QED) is 0.217. The fourth-order valence-corrected chi connectivity index (χ4v) is 6.92. The van der Waals surface area contributed by atoms with Crippen molar-refractivity contribution in [3.05, 3.63) is 67.6 Å². The molecule has 2 saturated heterocycles. The Hall–Kier alpha value is -2.56. The Morgan fingerprint density at radius 3 is 2.36 bits per heavy atom. The lowest BCUT2D eigenvalue weighted by atomic mass is 9.89. The van der Waals surface area contributed by atoms with Crippen LogP contribution in [0, 0.1) is 5.92 Å². The lowest BCUT2D eigenvalue weighted by Gasteiger charge is -2.42. The maximum atomic E-state index is 13.1. The average Bonchev–Trinajstić information content (AvgIpc) is 2.98. The first-order chi connectivity index (χ1) is 21.0. The van der Waals surface area contributed by atoms with E-state index < -0.39 is 5.91 Å². The number of carbonyl (C=O) groups excluding carboxylic acids is 3. The van der Waals surface area contributed by atoms with Gasteiger partial charge in [-0.1, -0.05) is 57.6 Å². The summed E-state index contributed by atoms with van der Waals surface area (Å²) in [5, 5.41) is 8.80. The molecule has 238 valence electrons. The van der Waals surface area contributed by atoms with Crippen molar-refractivity contribution in [2.24, 2.45) is 16.8 Å². The molecule has 0 saturated carbocycles. The van der Waals surface area contributed by atoms with Gasteiger partial charge in [-0.15, -0.1) is 0 Å². The first-order valence-electron chi connectivity index (χ1n) is 14.7. The molecule has 2 fully saturated rings. The molecule has 2 aromatic rings. The highest BCUT2D eigenvalue weighted by atomic mass is 35.5. The van der Waals surface area contributed by atoms with Crippen molar-refractivity contribution < 1.29 is 19.2 Å². The summed E-state index contributed by atoms with van der Waals surface area (Å²) in [5.41, 5.74) is 7.22. The molecule has 0 spiro atoms. The van der Waals surface area contributed by atoms with Gasteiger partial charge < -0.3 is 25.7 Å². The molecule has 13 heteroatoms. The van der Waals surface area contributed by atoms with Gasteiger partial charge in [-0.3, -0.25) is 14.4 Å². The summed E-state index contributed by atoms with van der Waals surface area (Å²) in [4.78, 5) is 47.0. The Balaban J connectivity index is 1.42. The highest BCUT2D eigenvalue weighted by molar-refractivity contribution is 6.42. The van der Waals surface area contributed by atoms with E-state index in [9.17, 15) is 14.4 Å². The van der Waals surface area contributed by atoms with Crippen LogP contribution in [0.15, 0.2) is 41.6 Å². The number of hydrogen-bond donors (Lipinski definition) is 2. The summed E-state index contributed by atoms with van der Waals surface area (Å²) < 4.78 is 0.